The molecule has 2 N–H and O–H groups in total. The van der Waals surface area contributed by atoms with Crippen molar-refractivity contribution < 1.29 is 13.2 Å². The summed E-state index contributed by atoms with van der Waals surface area (Å²) in [7, 11) is -3.66. The van der Waals surface area contributed by atoms with Crippen LogP contribution in [0.3, 0.4) is 0 Å². The minimum absolute atomic E-state index is 0.127. The summed E-state index contributed by atoms with van der Waals surface area (Å²) in [5.41, 5.74) is 2.18. The van der Waals surface area contributed by atoms with Crippen molar-refractivity contribution in [1.82, 2.24) is 14.5 Å². The van der Waals surface area contributed by atoms with E-state index in [9.17, 15) is 13.2 Å². The maximum absolute atomic E-state index is 12.4. The van der Waals surface area contributed by atoms with Crippen molar-refractivity contribution in [3.05, 3.63) is 72.6 Å². The van der Waals surface area contributed by atoms with Crippen LogP contribution in [0.1, 0.15) is 12.5 Å². The molecule has 3 aromatic rings. The Labute approximate surface area is 151 Å². The number of para-hydroxylation sites is 1. The summed E-state index contributed by atoms with van der Waals surface area (Å²) in [6, 6.07) is 15.5. The molecule has 0 atom stereocenters. The summed E-state index contributed by atoms with van der Waals surface area (Å²) >= 11 is 0. The van der Waals surface area contributed by atoms with Crippen LogP contribution < -0.4 is 10.0 Å². The van der Waals surface area contributed by atoms with Crippen molar-refractivity contribution in [3.8, 4) is 5.69 Å². The van der Waals surface area contributed by atoms with Gasteiger partial charge >= 0.3 is 0 Å². The van der Waals surface area contributed by atoms with Gasteiger partial charge in [-0.2, -0.15) is 5.10 Å². The molecule has 7 nitrogen and oxygen atoms in total. The molecule has 3 rings (SSSR count). The molecule has 1 amide bonds. The number of aromatic nitrogens is 2. The molecule has 0 saturated heterocycles. The fraction of sp³-hybridized carbons (Fsp3) is 0.111. The van der Waals surface area contributed by atoms with Gasteiger partial charge in [-0.15, -0.1) is 0 Å². The van der Waals surface area contributed by atoms with E-state index in [0.29, 0.717) is 5.69 Å². The van der Waals surface area contributed by atoms with Crippen molar-refractivity contribution in [3.63, 3.8) is 0 Å². The molecule has 0 saturated carbocycles. The van der Waals surface area contributed by atoms with Crippen LogP contribution in [0, 0.1) is 0 Å². The Bertz CT molecular complexity index is 996. The van der Waals surface area contributed by atoms with Crippen LogP contribution in [0.5, 0.6) is 0 Å². The van der Waals surface area contributed by atoms with Gasteiger partial charge in [0.2, 0.25) is 15.9 Å². The zero-order chi connectivity index (χ0) is 18.6. The number of carbonyl (C=O) groups excluding carboxylic acids is 1. The molecular weight excluding hydrogens is 352 g/mol. The molecule has 0 aliphatic heterocycles. The number of rotatable bonds is 6. The number of amides is 1. The summed E-state index contributed by atoms with van der Waals surface area (Å²) in [6.07, 6.45) is 3.40. The monoisotopic (exact) mass is 370 g/mol. The number of hydrogen-bond acceptors (Lipinski definition) is 4. The number of carbonyl (C=O) groups is 1. The summed E-state index contributed by atoms with van der Waals surface area (Å²) < 4.78 is 29.0. The largest absolute Gasteiger partial charge is 0.326 e. The van der Waals surface area contributed by atoms with E-state index in [1.807, 2.05) is 30.3 Å². The zero-order valence-corrected chi connectivity index (χ0v) is 14.9. The molecular formula is C18H18N4O3S. The third kappa shape index (κ3) is 4.35. The number of hydrogen-bond donors (Lipinski definition) is 2. The number of anilines is 1. The molecule has 26 heavy (non-hydrogen) atoms. The van der Waals surface area contributed by atoms with E-state index in [4.69, 9.17) is 0 Å². The molecule has 8 heteroatoms. The molecule has 0 aliphatic carbocycles. The third-order valence-electron chi connectivity index (χ3n) is 3.61. The van der Waals surface area contributed by atoms with E-state index in [-0.39, 0.29) is 17.3 Å². The van der Waals surface area contributed by atoms with Crippen molar-refractivity contribution >= 4 is 21.6 Å². The van der Waals surface area contributed by atoms with Crippen LogP contribution in [-0.2, 0) is 21.4 Å². The van der Waals surface area contributed by atoms with Crippen molar-refractivity contribution in [2.45, 2.75) is 18.4 Å². The lowest BCUT2D eigenvalue weighted by Gasteiger charge is -2.07. The minimum Gasteiger partial charge on any atom is -0.326 e. The first-order chi connectivity index (χ1) is 12.4. The Hall–Kier alpha value is -2.97. The first-order valence-corrected chi connectivity index (χ1v) is 9.39. The Morgan fingerprint density at radius 1 is 1.08 bits per heavy atom. The minimum atomic E-state index is -3.66. The van der Waals surface area contributed by atoms with E-state index in [2.05, 4.69) is 15.1 Å². The number of nitrogens with zero attached hydrogens (tertiary/aromatic N) is 2. The van der Waals surface area contributed by atoms with Crippen LogP contribution in [0.15, 0.2) is 71.9 Å². The van der Waals surface area contributed by atoms with Crippen molar-refractivity contribution in [2.75, 3.05) is 5.32 Å². The summed E-state index contributed by atoms with van der Waals surface area (Å²) in [4.78, 5) is 11.1. The van der Waals surface area contributed by atoms with Gasteiger partial charge < -0.3 is 5.32 Å². The zero-order valence-electron chi connectivity index (χ0n) is 14.1. The van der Waals surface area contributed by atoms with Gasteiger partial charge in [-0.05, 0) is 36.4 Å². The maximum atomic E-state index is 12.4. The van der Waals surface area contributed by atoms with E-state index in [1.54, 1.807) is 29.2 Å². The van der Waals surface area contributed by atoms with E-state index in [1.165, 1.54) is 19.1 Å². The summed E-state index contributed by atoms with van der Waals surface area (Å²) in [5.74, 6) is -0.214. The summed E-state index contributed by atoms with van der Waals surface area (Å²) in [6.45, 7) is 1.52. The Morgan fingerprint density at radius 3 is 2.42 bits per heavy atom. The lowest BCUT2D eigenvalue weighted by Crippen LogP contribution is -2.23. The first-order valence-electron chi connectivity index (χ1n) is 7.90. The summed E-state index contributed by atoms with van der Waals surface area (Å²) in [5, 5.41) is 6.84. The Kier molecular flexibility index (Phi) is 5.15. The first kappa shape index (κ1) is 17.8. The number of nitrogens with one attached hydrogen (secondary N) is 2. The highest BCUT2D eigenvalue weighted by atomic mass is 32.2. The second-order valence-electron chi connectivity index (χ2n) is 5.66. The van der Waals surface area contributed by atoms with Gasteiger partial charge in [-0.1, -0.05) is 18.2 Å². The smallest absolute Gasteiger partial charge is 0.240 e. The molecule has 1 aromatic heterocycles. The third-order valence-corrected chi connectivity index (χ3v) is 5.03. The Morgan fingerprint density at radius 2 is 1.77 bits per heavy atom. The molecule has 2 aromatic carbocycles. The predicted octanol–water partition coefficient (Wildman–Crippen LogP) is 2.31. The number of benzene rings is 2. The molecule has 134 valence electrons. The highest BCUT2D eigenvalue weighted by molar-refractivity contribution is 7.89. The maximum Gasteiger partial charge on any atom is 0.240 e. The second kappa shape index (κ2) is 7.51. The fourth-order valence-corrected chi connectivity index (χ4v) is 3.37. The SMILES string of the molecule is CC(=O)Nc1ccc(S(=O)(=O)NCc2cnn(-c3ccccc3)c2)cc1. The van der Waals surface area contributed by atoms with Gasteiger partial charge in [0.15, 0.2) is 0 Å². The van der Waals surface area contributed by atoms with Gasteiger partial charge in [0.1, 0.15) is 0 Å². The Balaban J connectivity index is 1.67. The van der Waals surface area contributed by atoms with Crippen molar-refractivity contribution in [1.29, 1.82) is 0 Å². The molecule has 0 unspecified atom stereocenters. The molecule has 0 aliphatic rings. The van der Waals surface area contributed by atoms with Crippen LogP contribution in [0.25, 0.3) is 5.69 Å². The standard InChI is InChI=1S/C18H18N4O3S/c1-14(23)21-16-7-9-18(10-8-16)26(24,25)20-12-15-11-19-22(13-15)17-5-3-2-4-6-17/h2-11,13,20H,12H2,1H3,(H,21,23). The number of sulfonamides is 1. The van der Waals surface area contributed by atoms with Gasteiger partial charge in [-0.3, -0.25) is 4.79 Å². The van der Waals surface area contributed by atoms with E-state index < -0.39 is 10.0 Å². The quantitative estimate of drug-likeness (QED) is 0.696. The predicted molar refractivity (Wildman–Crippen MR) is 98.3 cm³/mol. The van der Waals surface area contributed by atoms with E-state index >= 15 is 0 Å². The van der Waals surface area contributed by atoms with Crippen LogP contribution in [-0.4, -0.2) is 24.1 Å². The van der Waals surface area contributed by atoms with Gasteiger partial charge in [0.25, 0.3) is 0 Å². The fourth-order valence-electron chi connectivity index (χ4n) is 2.36. The van der Waals surface area contributed by atoms with Gasteiger partial charge in [0.05, 0.1) is 16.8 Å². The topological polar surface area (TPSA) is 93.1 Å². The van der Waals surface area contributed by atoms with Crippen LogP contribution in [0.2, 0.25) is 0 Å². The highest BCUT2D eigenvalue weighted by Gasteiger charge is 2.14. The van der Waals surface area contributed by atoms with Crippen molar-refractivity contribution in [2.24, 2.45) is 0 Å². The van der Waals surface area contributed by atoms with Gasteiger partial charge in [-0.25, -0.2) is 17.8 Å². The molecule has 0 spiro atoms. The molecule has 0 fully saturated rings. The molecule has 0 radical (unpaired) electrons. The lowest BCUT2D eigenvalue weighted by atomic mass is 10.3. The van der Waals surface area contributed by atoms with E-state index in [0.717, 1.165) is 11.3 Å². The second-order valence-corrected chi connectivity index (χ2v) is 7.43. The lowest BCUT2D eigenvalue weighted by molar-refractivity contribution is -0.114. The highest BCUT2D eigenvalue weighted by Crippen LogP contribution is 2.15. The van der Waals surface area contributed by atoms with Gasteiger partial charge in [0, 0.05) is 30.9 Å². The molecule has 0 bridgehead atoms. The van der Waals surface area contributed by atoms with Crippen LogP contribution in [0.4, 0.5) is 5.69 Å². The average molecular weight is 370 g/mol. The average Bonchev–Trinajstić information content (AvgIpc) is 3.10. The molecule has 1 heterocycles. The van der Waals surface area contributed by atoms with Crippen LogP contribution >= 0.6 is 0 Å². The normalized spacial score (nSPS) is 11.3.